The van der Waals surface area contributed by atoms with E-state index in [0.717, 1.165) is 12.1 Å². The van der Waals surface area contributed by atoms with Gasteiger partial charge in [0.25, 0.3) is 0 Å². The standard InChI is InChI=1S/C14H11BF4O/c1-7-3-9(11(17)6-10(7)16)15-14-12(18)4-8(20-2)5-13(14)19/h3-6,15H,1-2H3. The fraction of sp³-hybridized carbons (Fsp3) is 0.143. The molecule has 0 atom stereocenters. The van der Waals surface area contributed by atoms with Crippen LogP contribution in [0, 0.1) is 30.2 Å². The second-order valence-corrected chi connectivity index (χ2v) is 4.44. The van der Waals surface area contributed by atoms with Gasteiger partial charge in [-0.2, -0.15) is 0 Å². The molecule has 1 nitrogen and oxygen atoms in total. The minimum absolute atomic E-state index is 0.0341. The van der Waals surface area contributed by atoms with E-state index in [9.17, 15) is 17.6 Å². The van der Waals surface area contributed by atoms with Gasteiger partial charge in [0.05, 0.1) is 7.11 Å². The van der Waals surface area contributed by atoms with Gasteiger partial charge in [0, 0.05) is 18.2 Å². The molecule has 20 heavy (non-hydrogen) atoms. The zero-order chi connectivity index (χ0) is 14.9. The number of halogens is 4. The SMILES string of the molecule is COc1cc(F)c(Bc2cc(C)c(F)cc2F)c(F)c1. The Labute approximate surface area is 114 Å². The molecule has 0 unspecified atom stereocenters. The van der Waals surface area contributed by atoms with Crippen LogP contribution in [0.3, 0.4) is 0 Å². The zero-order valence-electron chi connectivity index (χ0n) is 10.9. The Hall–Kier alpha value is -1.98. The van der Waals surface area contributed by atoms with Crippen LogP contribution in [0.1, 0.15) is 5.56 Å². The summed E-state index contributed by atoms with van der Waals surface area (Å²) in [7, 11) is 0.992. The van der Waals surface area contributed by atoms with Gasteiger partial charge in [-0.1, -0.05) is 6.07 Å². The van der Waals surface area contributed by atoms with E-state index in [4.69, 9.17) is 4.74 Å². The lowest BCUT2D eigenvalue weighted by atomic mass is 9.63. The minimum Gasteiger partial charge on any atom is -0.497 e. The van der Waals surface area contributed by atoms with E-state index in [2.05, 4.69) is 0 Å². The van der Waals surface area contributed by atoms with Crippen LogP contribution in [-0.2, 0) is 0 Å². The Morgan fingerprint density at radius 2 is 1.45 bits per heavy atom. The Morgan fingerprint density at radius 1 is 0.850 bits per heavy atom. The molecule has 0 heterocycles. The molecule has 0 aliphatic rings. The molecular weight excluding hydrogens is 271 g/mol. The van der Waals surface area contributed by atoms with Gasteiger partial charge in [-0.05, 0) is 23.4 Å². The second-order valence-electron chi connectivity index (χ2n) is 4.44. The first-order valence-electron chi connectivity index (χ1n) is 5.88. The van der Waals surface area contributed by atoms with E-state index >= 15 is 0 Å². The lowest BCUT2D eigenvalue weighted by Crippen LogP contribution is -2.34. The Balaban J connectivity index is 2.42. The Morgan fingerprint density at radius 3 is 2.00 bits per heavy atom. The lowest BCUT2D eigenvalue weighted by molar-refractivity contribution is 0.407. The van der Waals surface area contributed by atoms with Crippen molar-refractivity contribution in [2.75, 3.05) is 7.11 Å². The molecular formula is C14H11BF4O. The molecule has 0 radical (unpaired) electrons. The molecule has 0 fully saturated rings. The maximum absolute atomic E-state index is 13.8. The summed E-state index contributed by atoms with van der Waals surface area (Å²) in [5.74, 6) is -3.14. The maximum atomic E-state index is 13.8. The van der Waals surface area contributed by atoms with Gasteiger partial charge in [0.1, 0.15) is 29.0 Å². The van der Waals surface area contributed by atoms with Gasteiger partial charge >= 0.3 is 0 Å². The molecule has 0 amide bonds. The Kier molecular flexibility index (Phi) is 4.02. The number of benzene rings is 2. The first kappa shape index (κ1) is 14.4. The summed E-state index contributed by atoms with van der Waals surface area (Å²) >= 11 is 0. The van der Waals surface area contributed by atoms with Crippen LogP contribution in [0.5, 0.6) is 5.75 Å². The normalized spacial score (nSPS) is 10.5. The predicted octanol–water partition coefficient (Wildman–Crippen LogP) is 1.95. The quantitative estimate of drug-likeness (QED) is 0.617. The highest BCUT2D eigenvalue weighted by molar-refractivity contribution is 6.67. The summed E-state index contributed by atoms with van der Waals surface area (Å²) in [6, 6.07) is 4.00. The van der Waals surface area contributed by atoms with E-state index in [0.29, 0.717) is 6.07 Å². The number of hydrogen-bond donors (Lipinski definition) is 0. The van der Waals surface area contributed by atoms with Gasteiger partial charge in [-0.25, -0.2) is 17.6 Å². The molecule has 0 saturated heterocycles. The van der Waals surface area contributed by atoms with Gasteiger partial charge in [-0.15, -0.1) is 0 Å². The van der Waals surface area contributed by atoms with Crippen LogP contribution in [-0.4, -0.2) is 14.4 Å². The van der Waals surface area contributed by atoms with E-state index in [1.807, 2.05) is 0 Å². The monoisotopic (exact) mass is 282 g/mol. The summed E-state index contributed by atoms with van der Waals surface area (Å²) in [4.78, 5) is 0. The Bertz CT molecular complexity index is 635. The molecule has 2 aromatic rings. The van der Waals surface area contributed by atoms with Crippen molar-refractivity contribution < 1.29 is 22.3 Å². The molecule has 0 aliphatic heterocycles. The molecule has 104 valence electrons. The van der Waals surface area contributed by atoms with Crippen molar-refractivity contribution in [1.82, 2.24) is 0 Å². The number of methoxy groups -OCH3 is 1. The van der Waals surface area contributed by atoms with Crippen molar-refractivity contribution in [3.63, 3.8) is 0 Å². The number of ether oxygens (including phenoxy) is 1. The third-order valence-corrected chi connectivity index (χ3v) is 3.05. The number of aryl methyl sites for hydroxylation is 1. The van der Waals surface area contributed by atoms with Crippen LogP contribution < -0.4 is 15.7 Å². The van der Waals surface area contributed by atoms with E-state index in [1.165, 1.54) is 20.1 Å². The largest absolute Gasteiger partial charge is 0.497 e. The van der Waals surface area contributed by atoms with Crippen molar-refractivity contribution in [1.29, 1.82) is 0 Å². The van der Waals surface area contributed by atoms with Gasteiger partial charge in [0.2, 0.25) is 7.28 Å². The van der Waals surface area contributed by atoms with Gasteiger partial charge in [0.15, 0.2) is 0 Å². The third kappa shape index (κ3) is 2.79. The molecule has 0 aliphatic carbocycles. The van der Waals surface area contributed by atoms with Crippen molar-refractivity contribution in [3.8, 4) is 5.75 Å². The average Bonchev–Trinajstić information content (AvgIpc) is 2.39. The van der Waals surface area contributed by atoms with Crippen molar-refractivity contribution in [2.24, 2.45) is 0 Å². The topological polar surface area (TPSA) is 9.23 Å². The summed E-state index contributed by atoms with van der Waals surface area (Å²) in [5.41, 5.74) is -0.0293. The molecule has 0 saturated carbocycles. The molecule has 6 heteroatoms. The van der Waals surface area contributed by atoms with E-state index in [-0.39, 0.29) is 29.5 Å². The van der Waals surface area contributed by atoms with Crippen molar-refractivity contribution in [2.45, 2.75) is 6.92 Å². The summed E-state index contributed by atoms with van der Waals surface area (Å²) in [6.07, 6.45) is 0. The highest BCUT2D eigenvalue weighted by Gasteiger charge is 2.17. The maximum Gasteiger partial charge on any atom is 0.203 e. The molecule has 2 rings (SSSR count). The second kappa shape index (κ2) is 5.57. The molecule has 0 spiro atoms. The van der Waals surface area contributed by atoms with Crippen LogP contribution in [0.15, 0.2) is 24.3 Å². The average molecular weight is 282 g/mol. The molecule has 0 bridgehead atoms. The fourth-order valence-electron chi connectivity index (χ4n) is 1.91. The molecule has 2 aromatic carbocycles. The summed E-state index contributed by atoms with van der Waals surface area (Å²) in [5, 5.41) is 0. The first-order chi connectivity index (χ1) is 9.42. The predicted molar refractivity (Wildman–Crippen MR) is 70.4 cm³/mol. The third-order valence-electron chi connectivity index (χ3n) is 3.05. The highest BCUT2D eigenvalue weighted by Crippen LogP contribution is 2.13. The lowest BCUT2D eigenvalue weighted by Gasteiger charge is -2.09. The highest BCUT2D eigenvalue weighted by atomic mass is 19.1. The number of rotatable bonds is 3. The van der Waals surface area contributed by atoms with E-state index < -0.39 is 23.3 Å². The van der Waals surface area contributed by atoms with Crippen LogP contribution in [0.2, 0.25) is 0 Å². The zero-order valence-corrected chi connectivity index (χ0v) is 10.9. The van der Waals surface area contributed by atoms with Gasteiger partial charge in [-0.3, -0.25) is 0 Å². The first-order valence-corrected chi connectivity index (χ1v) is 5.88. The molecule has 0 N–H and O–H groups in total. The van der Waals surface area contributed by atoms with Crippen LogP contribution >= 0.6 is 0 Å². The van der Waals surface area contributed by atoms with Crippen LogP contribution in [0.25, 0.3) is 0 Å². The number of hydrogen-bond acceptors (Lipinski definition) is 1. The van der Waals surface area contributed by atoms with Crippen molar-refractivity contribution >= 4 is 18.2 Å². The van der Waals surface area contributed by atoms with Crippen LogP contribution in [0.4, 0.5) is 17.6 Å². The molecule has 0 aromatic heterocycles. The summed E-state index contributed by atoms with van der Waals surface area (Å²) in [6.45, 7) is 1.46. The fourth-order valence-corrected chi connectivity index (χ4v) is 1.91. The van der Waals surface area contributed by atoms with E-state index in [1.54, 1.807) is 0 Å². The smallest absolute Gasteiger partial charge is 0.203 e. The van der Waals surface area contributed by atoms with Crippen molar-refractivity contribution in [3.05, 3.63) is 53.1 Å². The van der Waals surface area contributed by atoms with Gasteiger partial charge < -0.3 is 4.74 Å². The summed E-state index contributed by atoms with van der Waals surface area (Å²) < 4.78 is 59.1. The minimum atomic E-state index is -0.831.